The van der Waals surface area contributed by atoms with Crippen LogP contribution < -0.4 is 0 Å². The van der Waals surface area contributed by atoms with Gasteiger partial charge in [-0.25, -0.2) is 4.79 Å². The molecule has 0 aromatic rings. The van der Waals surface area contributed by atoms with E-state index in [0.717, 1.165) is 25.3 Å². The van der Waals surface area contributed by atoms with Crippen molar-refractivity contribution in [2.24, 2.45) is 0 Å². The van der Waals surface area contributed by atoms with Gasteiger partial charge in [-0.05, 0) is 18.9 Å². The molecule has 0 amide bonds. The van der Waals surface area contributed by atoms with E-state index in [0.29, 0.717) is 6.10 Å². The topological polar surface area (TPSA) is 55.9 Å². The second-order valence-corrected chi connectivity index (χ2v) is 3.62. The molecule has 0 aromatic heterocycles. The maximum Gasteiger partial charge on any atom is 0.379 e. The smallest absolute Gasteiger partial charge is 0.379 e. The first-order chi connectivity index (χ1) is 6.70. The van der Waals surface area contributed by atoms with Gasteiger partial charge in [-0.3, -0.25) is 4.79 Å². The summed E-state index contributed by atoms with van der Waals surface area (Å²) >= 11 is 0. The number of carbonyl (C=O) groups excluding carboxylic acids is 2. The lowest BCUT2D eigenvalue weighted by molar-refractivity contribution is -0.156. The summed E-state index contributed by atoms with van der Waals surface area (Å²) in [7, 11) is 0. The van der Waals surface area contributed by atoms with Crippen LogP contribution in [0.25, 0.3) is 0 Å². The van der Waals surface area contributed by atoms with Gasteiger partial charge in [0.05, 0.1) is 12.2 Å². The average Bonchev–Trinajstić information content (AvgIpc) is 2.94. The van der Waals surface area contributed by atoms with Crippen molar-refractivity contribution in [3.05, 3.63) is 12.7 Å². The van der Waals surface area contributed by atoms with Gasteiger partial charge < -0.3 is 9.47 Å². The van der Waals surface area contributed by atoms with E-state index >= 15 is 0 Å². The van der Waals surface area contributed by atoms with Crippen molar-refractivity contribution in [3.63, 3.8) is 0 Å². The van der Waals surface area contributed by atoms with E-state index in [-0.39, 0.29) is 12.2 Å². The van der Waals surface area contributed by atoms with Crippen LogP contribution in [0.2, 0.25) is 0 Å². The molecule has 0 aromatic carbocycles. The molecule has 14 heavy (non-hydrogen) atoms. The normalized spacial score (nSPS) is 34.1. The molecule has 0 spiro atoms. The lowest BCUT2D eigenvalue weighted by Crippen LogP contribution is -2.27. The van der Waals surface area contributed by atoms with Crippen molar-refractivity contribution in [1.29, 1.82) is 0 Å². The lowest BCUT2D eigenvalue weighted by Gasteiger charge is -2.18. The van der Waals surface area contributed by atoms with E-state index < -0.39 is 11.8 Å². The van der Waals surface area contributed by atoms with Crippen LogP contribution in [-0.2, 0) is 19.1 Å². The molecule has 3 unspecified atom stereocenters. The maximum absolute atomic E-state index is 11.1. The van der Waals surface area contributed by atoms with E-state index in [1.54, 1.807) is 0 Å². The number of hydrogen-bond acceptors (Lipinski definition) is 4. The number of ether oxygens (including phenoxy) is 2. The highest BCUT2D eigenvalue weighted by Gasteiger charge is 2.45. The van der Waals surface area contributed by atoms with Gasteiger partial charge in [0.15, 0.2) is 0 Å². The van der Waals surface area contributed by atoms with Gasteiger partial charge in [0.25, 0.3) is 5.78 Å². The van der Waals surface area contributed by atoms with Crippen LogP contribution in [0.5, 0.6) is 0 Å². The van der Waals surface area contributed by atoms with Gasteiger partial charge in [0, 0.05) is 6.42 Å². The standard InChI is InChI=1S/C10H12O4/c1-2-7(11)10(12)13-6-3-4-8-9(5-6)14-8/h2,6,8-9H,1,3-5H2. The molecule has 2 aliphatic rings. The molecular weight excluding hydrogens is 184 g/mol. The minimum atomic E-state index is -0.802. The number of carbonyl (C=O) groups is 2. The highest BCUT2D eigenvalue weighted by atomic mass is 16.6. The lowest BCUT2D eigenvalue weighted by atomic mass is 9.98. The molecule has 76 valence electrons. The Labute approximate surface area is 81.9 Å². The van der Waals surface area contributed by atoms with Crippen LogP contribution in [-0.4, -0.2) is 30.1 Å². The number of hydrogen-bond donors (Lipinski definition) is 0. The summed E-state index contributed by atoms with van der Waals surface area (Å²) in [5, 5.41) is 0. The monoisotopic (exact) mass is 196 g/mol. The fraction of sp³-hybridized carbons (Fsp3) is 0.600. The molecule has 0 N–H and O–H groups in total. The molecule has 2 fully saturated rings. The first kappa shape index (κ1) is 9.40. The van der Waals surface area contributed by atoms with Crippen molar-refractivity contribution in [2.75, 3.05) is 0 Å². The number of esters is 1. The fourth-order valence-corrected chi connectivity index (χ4v) is 1.77. The number of fused-ring (bicyclic) bond motifs is 1. The molecule has 1 aliphatic carbocycles. The minimum absolute atomic E-state index is 0.157. The van der Waals surface area contributed by atoms with Crippen LogP contribution in [0.4, 0.5) is 0 Å². The molecule has 2 rings (SSSR count). The Hall–Kier alpha value is -1.16. The summed E-state index contributed by atoms with van der Waals surface area (Å²) in [6, 6.07) is 0. The first-order valence-electron chi connectivity index (χ1n) is 4.73. The SMILES string of the molecule is C=CC(=O)C(=O)OC1CCC2OC2C1. The van der Waals surface area contributed by atoms with Crippen LogP contribution in [0.1, 0.15) is 19.3 Å². The maximum atomic E-state index is 11.1. The van der Waals surface area contributed by atoms with Gasteiger partial charge in [0.2, 0.25) is 0 Å². The third-order valence-electron chi connectivity index (χ3n) is 2.62. The third-order valence-corrected chi connectivity index (χ3v) is 2.62. The van der Waals surface area contributed by atoms with Crippen LogP contribution in [0.3, 0.4) is 0 Å². The Morgan fingerprint density at radius 2 is 2.14 bits per heavy atom. The van der Waals surface area contributed by atoms with Crippen molar-refractivity contribution < 1.29 is 19.1 Å². The summed E-state index contributed by atoms with van der Waals surface area (Å²) in [5.41, 5.74) is 0. The molecule has 1 saturated heterocycles. The van der Waals surface area contributed by atoms with Crippen molar-refractivity contribution in [1.82, 2.24) is 0 Å². The van der Waals surface area contributed by atoms with Gasteiger partial charge in [0.1, 0.15) is 6.10 Å². The average molecular weight is 196 g/mol. The van der Waals surface area contributed by atoms with Crippen molar-refractivity contribution in [2.45, 2.75) is 37.6 Å². The summed E-state index contributed by atoms with van der Waals surface area (Å²) in [4.78, 5) is 21.9. The molecule has 0 bridgehead atoms. The summed E-state index contributed by atoms with van der Waals surface area (Å²) in [5.74, 6) is -1.48. The van der Waals surface area contributed by atoms with Crippen molar-refractivity contribution in [3.8, 4) is 0 Å². The Morgan fingerprint density at radius 3 is 2.79 bits per heavy atom. The largest absolute Gasteiger partial charge is 0.456 e. The zero-order valence-corrected chi connectivity index (χ0v) is 7.77. The zero-order chi connectivity index (χ0) is 10.1. The number of epoxide rings is 1. The van der Waals surface area contributed by atoms with E-state index in [4.69, 9.17) is 9.47 Å². The van der Waals surface area contributed by atoms with Gasteiger partial charge >= 0.3 is 5.97 Å². The Morgan fingerprint density at radius 1 is 1.36 bits per heavy atom. The second-order valence-electron chi connectivity index (χ2n) is 3.62. The first-order valence-corrected chi connectivity index (χ1v) is 4.73. The molecule has 1 aliphatic heterocycles. The summed E-state index contributed by atoms with van der Waals surface area (Å²) < 4.78 is 10.3. The minimum Gasteiger partial charge on any atom is -0.456 e. The van der Waals surface area contributed by atoms with E-state index in [9.17, 15) is 9.59 Å². The predicted octanol–water partition coefficient (Wildman–Crippen LogP) is 0.605. The zero-order valence-electron chi connectivity index (χ0n) is 7.77. The molecule has 3 atom stereocenters. The van der Waals surface area contributed by atoms with Crippen LogP contribution in [0, 0.1) is 0 Å². The highest BCUT2D eigenvalue weighted by Crippen LogP contribution is 2.37. The van der Waals surface area contributed by atoms with E-state index in [1.165, 1.54) is 0 Å². The van der Waals surface area contributed by atoms with Crippen molar-refractivity contribution >= 4 is 11.8 Å². The molecule has 4 heteroatoms. The van der Waals surface area contributed by atoms with Crippen LogP contribution in [0.15, 0.2) is 12.7 Å². The number of rotatable bonds is 3. The predicted molar refractivity (Wildman–Crippen MR) is 47.6 cm³/mol. The molecular formula is C10H12O4. The second kappa shape index (κ2) is 3.53. The summed E-state index contributed by atoms with van der Waals surface area (Å²) in [6.07, 6.45) is 3.88. The third kappa shape index (κ3) is 1.85. The highest BCUT2D eigenvalue weighted by molar-refractivity contribution is 6.38. The molecule has 1 heterocycles. The molecule has 1 saturated carbocycles. The van der Waals surface area contributed by atoms with Gasteiger partial charge in [-0.1, -0.05) is 6.58 Å². The Bertz CT molecular complexity index is 284. The Kier molecular flexibility index (Phi) is 2.37. The van der Waals surface area contributed by atoms with E-state index in [2.05, 4.69) is 6.58 Å². The molecule has 0 radical (unpaired) electrons. The van der Waals surface area contributed by atoms with Crippen LogP contribution >= 0.6 is 0 Å². The summed E-state index contributed by atoms with van der Waals surface area (Å²) in [6.45, 7) is 3.22. The van der Waals surface area contributed by atoms with Gasteiger partial charge in [-0.2, -0.15) is 0 Å². The van der Waals surface area contributed by atoms with Gasteiger partial charge in [-0.15, -0.1) is 0 Å². The number of ketones is 1. The quantitative estimate of drug-likeness (QED) is 0.287. The fourth-order valence-electron chi connectivity index (χ4n) is 1.77. The Balaban J connectivity index is 1.82. The molecule has 4 nitrogen and oxygen atoms in total. The van der Waals surface area contributed by atoms with E-state index in [1.807, 2.05) is 0 Å².